The first-order valence-corrected chi connectivity index (χ1v) is 7.45. The van der Waals surface area contributed by atoms with E-state index in [1.54, 1.807) is 42.6 Å². The molecule has 0 saturated heterocycles. The van der Waals surface area contributed by atoms with Crippen molar-refractivity contribution in [3.05, 3.63) is 76.5 Å². The van der Waals surface area contributed by atoms with E-state index in [1.807, 2.05) is 0 Å². The fraction of sp³-hybridized carbons (Fsp3) is 0.111. The Morgan fingerprint density at radius 3 is 2.67 bits per heavy atom. The van der Waals surface area contributed by atoms with E-state index in [9.17, 15) is 14.0 Å². The number of carbonyl (C=O) groups is 1. The van der Waals surface area contributed by atoms with E-state index < -0.39 is 6.04 Å². The van der Waals surface area contributed by atoms with Crippen LogP contribution in [0.3, 0.4) is 0 Å². The first kappa shape index (κ1) is 15.9. The Kier molecular flexibility index (Phi) is 4.39. The van der Waals surface area contributed by atoms with Crippen LogP contribution in [0, 0.1) is 5.82 Å². The largest absolute Gasteiger partial charge is 0.329 e. The van der Waals surface area contributed by atoms with Crippen LogP contribution in [0.4, 0.5) is 10.1 Å². The molecule has 1 heterocycles. The average molecular weight is 325 g/mol. The summed E-state index contributed by atoms with van der Waals surface area (Å²) in [6.45, 7) is 0. The number of nitrogens with two attached hydrogens (primary N) is 1. The van der Waals surface area contributed by atoms with E-state index in [-0.39, 0.29) is 23.7 Å². The lowest BCUT2D eigenvalue weighted by atomic mass is 10.0. The molecule has 24 heavy (non-hydrogen) atoms. The Hall–Kier alpha value is -2.99. The van der Waals surface area contributed by atoms with Crippen LogP contribution in [0.5, 0.6) is 0 Å². The molecule has 0 spiro atoms. The van der Waals surface area contributed by atoms with Gasteiger partial charge < -0.3 is 16.0 Å². The van der Waals surface area contributed by atoms with Crippen LogP contribution in [0.2, 0.25) is 0 Å². The number of amides is 1. The summed E-state index contributed by atoms with van der Waals surface area (Å²) in [5, 5.41) is 4.05. The van der Waals surface area contributed by atoms with Crippen molar-refractivity contribution in [2.24, 2.45) is 5.73 Å². The molecule has 3 aromatic rings. The highest BCUT2D eigenvalue weighted by Crippen LogP contribution is 2.18. The Labute approximate surface area is 137 Å². The van der Waals surface area contributed by atoms with Crippen molar-refractivity contribution >= 4 is 22.4 Å². The predicted molar refractivity (Wildman–Crippen MR) is 91.1 cm³/mol. The summed E-state index contributed by atoms with van der Waals surface area (Å²) in [6.07, 6.45) is 1.62. The fourth-order valence-electron chi connectivity index (χ4n) is 2.51. The van der Waals surface area contributed by atoms with Gasteiger partial charge in [0.1, 0.15) is 5.82 Å². The van der Waals surface area contributed by atoms with Crippen LogP contribution in [-0.2, 0) is 4.79 Å². The summed E-state index contributed by atoms with van der Waals surface area (Å²) in [7, 11) is 0. The van der Waals surface area contributed by atoms with Crippen LogP contribution in [0.15, 0.2) is 59.5 Å². The van der Waals surface area contributed by atoms with Crippen LogP contribution < -0.4 is 16.6 Å². The second-order valence-electron chi connectivity index (χ2n) is 5.52. The molecule has 3 rings (SSSR count). The number of aromatic nitrogens is 1. The van der Waals surface area contributed by atoms with Gasteiger partial charge in [0.25, 0.3) is 5.56 Å². The maximum absolute atomic E-state index is 12.9. The second-order valence-corrected chi connectivity index (χ2v) is 5.52. The smallest absolute Gasteiger partial charge is 0.255 e. The van der Waals surface area contributed by atoms with E-state index in [0.29, 0.717) is 16.6 Å². The summed E-state index contributed by atoms with van der Waals surface area (Å²) >= 11 is 0. The number of carbonyl (C=O) groups excluding carboxylic acids is 1. The average Bonchev–Trinajstić information content (AvgIpc) is 2.55. The van der Waals surface area contributed by atoms with E-state index in [2.05, 4.69) is 10.3 Å². The lowest BCUT2D eigenvalue weighted by molar-refractivity contribution is -0.116. The topological polar surface area (TPSA) is 88.0 Å². The normalized spacial score (nSPS) is 12.1. The predicted octanol–water partition coefficient (Wildman–Crippen LogP) is 2.70. The number of anilines is 1. The maximum atomic E-state index is 12.9. The third kappa shape index (κ3) is 3.49. The monoisotopic (exact) mass is 325 g/mol. The van der Waals surface area contributed by atoms with Gasteiger partial charge in [0.15, 0.2) is 0 Å². The van der Waals surface area contributed by atoms with Crippen molar-refractivity contribution in [2.75, 3.05) is 5.32 Å². The molecule has 1 atom stereocenters. The van der Waals surface area contributed by atoms with Crippen LogP contribution in [0.1, 0.15) is 18.0 Å². The summed E-state index contributed by atoms with van der Waals surface area (Å²) in [6, 6.07) is 12.0. The number of nitrogens with one attached hydrogen (secondary N) is 2. The Morgan fingerprint density at radius 1 is 1.17 bits per heavy atom. The zero-order valence-corrected chi connectivity index (χ0v) is 12.8. The minimum absolute atomic E-state index is 0.0685. The number of aromatic amines is 1. The van der Waals surface area contributed by atoms with E-state index in [1.165, 1.54) is 12.1 Å². The molecule has 5 nitrogen and oxygen atoms in total. The molecule has 122 valence electrons. The van der Waals surface area contributed by atoms with Crippen molar-refractivity contribution in [3.63, 3.8) is 0 Å². The third-order valence-electron chi connectivity index (χ3n) is 3.76. The molecule has 0 aliphatic heterocycles. The molecule has 1 aromatic heterocycles. The molecule has 0 aliphatic carbocycles. The van der Waals surface area contributed by atoms with Gasteiger partial charge in [0.05, 0.1) is 0 Å². The molecule has 6 heteroatoms. The van der Waals surface area contributed by atoms with Gasteiger partial charge in [-0.3, -0.25) is 9.59 Å². The number of fused-ring (bicyclic) bond motifs is 1. The van der Waals surface area contributed by atoms with Gasteiger partial charge >= 0.3 is 0 Å². The molecule has 0 bridgehead atoms. The molecule has 4 N–H and O–H groups in total. The lowest BCUT2D eigenvalue weighted by Gasteiger charge is -2.12. The standard InChI is InChI=1S/C18H16FN3O2/c19-13-3-1-11(2-4-13)16(20)10-17(23)22-14-5-6-15-12(9-14)7-8-21-18(15)24/h1-9,16H,10,20H2,(H,21,24)(H,22,23). The quantitative estimate of drug-likeness (QED) is 0.689. The SMILES string of the molecule is NC(CC(=O)Nc1ccc2c(=O)[nH]ccc2c1)c1ccc(F)cc1. The molecule has 2 aromatic carbocycles. The minimum atomic E-state index is -0.520. The zero-order valence-electron chi connectivity index (χ0n) is 12.8. The van der Waals surface area contributed by atoms with Gasteiger partial charge in [0, 0.05) is 29.7 Å². The Bertz CT molecular complexity index is 935. The summed E-state index contributed by atoms with van der Waals surface area (Å²) in [4.78, 5) is 26.4. The van der Waals surface area contributed by atoms with Crippen molar-refractivity contribution in [2.45, 2.75) is 12.5 Å². The molecule has 0 saturated carbocycles. The van der Waals surface area contributed by atoms with Crippen molar-refractivity contribution in [1.82, 2.24) is 4.98 Å². The van der Waals surface area contributed by atoms with Crippen molar-refractivity contribution < 1.29 is 9.18 Å². The molecule has 0 fully saturated rings. The van der Waals surface area contributed by atoms with Gasteiger partial charge in [-0.05, 0) is 47.3 Å². The number of H-pyrrole nitrogens is 1. The highest BCUT2D eigenvalue weighted by Gasteiger charge is 2.12. The first-order chi connectivity index (χ1) is 11.5. The number of rotatable bonds is 4. The minimum Gasteiger partial charge on any atom is -0.329 e. The summed E-state index contributed by atoms with van der Waals surface area (Å²) < 4.78 is 12.9. The molecular weight excluding hydrogens is 309 g/mol. The molecule has 0 aliphatic rings. The maximum Gasteiger partial charge on any atom is 0.255 e. The van der Waals surface area contributed by atoms with Gasteiger partial charge in [-0.1, -0.05) is 12.1 Å². The molecule has 1 amide bonds. The van der Waals surface area contributed by atoms with Gasteiger partial charge in [-0.15, -0.1) is 0 Å². The van der Waals surface area contributed by atoms with Gasteiger partial charge in [-0.25, -0.2) is 4.39 Å². The van der Waals surface area contributed by atoms with Crippen LogP contribution in [0.25, 0.3) is 10.8 Å². The van der Waals surface area contributed by atoms with Gasteiger partial charge in [-0.2, -0.15) is 0 Å². The molecule has 0 radical (unpaired) electrons. The highest BCUT2D eigenvalue weighted by molar-refractivity contribution is 5.94. The molecular formula is C18H16FN3O2. The van der Waals surface area contributed by atoms with E-state index in [0.717, 1.165) is 5.39 Å². The zero-order chi connectivity index (χ0) is 17.1. The summed E-state index contributed by atoms with van der Waals surface area (Å²) in [5.41, 5.74) is 7.08. The van der Waals surface area contributed by atoms with E-state index >= 15 is 0 Å². The van der Waals surface area contributed by atoms with Crippen LogP contribution in [-0.4, -0.2) is 10.9 Å². The Balaban J connectivity index is 1.70. The highest BCUT2D eigenvalue weighted by atomic mass is 19.1. The Morgan fingerprint density at radius 2 is 1.92 bits per heavy atom. The first-order valence-electron chi connectivity index (χ1n) is 7.45. The van der Waals surface area contributed by atoms with Crippen molar-refractivity contribution in [3.8, 4) is 0 Å². The number of halogens is 1. The second kappa shape index (κ2) is 6.64. The van der Waals surface area contributed by atoms with Gasteiger partial charge in [0.2, 0.25) is 5.91 Å². The van der Waals surface area contributed by atoms with Crippen LogP contribution >= 0.6 is 0 Å². The number of benzene rings is 2. The summed E-state index contributed by atoms with van der Waals surface area (Å²) in [5.74, 6) is -0.599. The number of pyridine rings is 1. The third-order valence-corrected chi connectivity index (χ3v) is 3.76. The fourth-order valence-corrected chi connectivity index (χ4v) is 2.51. The van der Waals surface area contributed by atoms with Crippen molar-refractivity contribution in [1.29, 1.82) is 0 Å². The lowest BCUT2D eigenvalue weighted by Crippen LogP contribution is -2.20. The van der Waals surface area contributed by atoms with E-state index in [4.69, 9.17) is 5.73 Å². The molecule has 1 unspecified atom stereocenters. The number of hydrogen-bond donors (Lipinski definition) is 3. The number of hydrogen-bond acceptors (Lipinski definition) is 3.